The highest BCUT2D eigenvalue weighted by Gasteiger charge is 2.72. The van der Waals surface area contributed by atoms with Crippen molar-refractivity contribution in [3.8, 4) is 0 Å². The third-order valence-electron chi connectivity index (χ3n) is 15.2. The Bertz CT molecular complexity index is 1430. The summed E-state index contributed by atoms with van der Waals surface area (Å²) in [4.78, 5) is 13.8. The Morgan fingerprint density at radius 3 is 2.16 bits per heavy atom. The van der Waals surface area contributed by atoms with Gasteiger partial charge in [-0.2, -0.15) is 8.42 Å². The second-order valence-corrected chi connectivity index (χ2v) is 18.6. The van der Waals surface area contributed by atoms with Crippen LogP contribution in [0.5, 0.6) is 0 Å². The Morgan fingerprint density at radius 2 is 1.52 bits per heavy atom. The van der Waals surface area contributed by atoms with Crippen LogP contribution in [0.2, 0.25) is 0 Å². The number of benzene rings is 1. The number of rotatable bonds is 5. The molecule has 244 valence electrons. The first-order valence-electron chi connectivity index (χ1n) is 17.2. The molecule has 0 amide bonds. The molecule has 1 aromatic carbocycles. The second-order valence-electron chi connectivity index (χ2n) is 17.0. The second kappa shape index (κ2) is 10.4. The van der Waals surface area contributed by atoms with Gasteiger partial charge in [-0.3, -0.25) is 8.98 Å². The first kappa shape index (κ1) is 32.3. The monoisotopic (exact) mass is 624 g/mol. The summed E-state index contributed by atoms with van der Waals surface area (Å²) in [5.41, 5.74) is 2.02. The zero-order valence-corrected chi connectivity index (χ0v) is 29.3. The molecule has 0 unspecified atom stereocenters. The van der Waals surface area contributed by atoms with Crippen LogP contribution in [-0.4, -0.2) is 27.6 Å². The Kier molecular flexibility index (Phi) is 7.65. The molecule has 1 aromatic rings. The average Bonchev–Trinajstić information content (AvgIpc) is 3.36. The zero-order chi connectivity index (χ0) is 32.1. The number of hydrogen-bond donors (Lipinski definition) is 0. The molecule has 5 fully saturated rings. The molecule has 5 aliphatic carbocycles. The Morgan fingerprint density at radius 1 is 0.841 bits per heavy atom. The molecule has 0 bridgehead atoms. The van der Waals surface area contributed by atoms with E-state index in [1.54, 1.807) is 19.2 Å². The Balaban J connectivity index is 1.30. The van der Waals surface area contributed by atoms with Gasteiger partial charge < -0.3 is 4.74 Å². The fourth-order valence-corrected chi connectivity index (χ4v) is 14.0. The summed E-state index contributed by atoms with van der Waals surface area (Å²) in [5, 5.41) is 0. The van der Waals surface area contributed by atoms with Crippen LogP contribution in [0.25, 0.3) is 0 Å². The van der Waals surface area contributed by atoms with E-state index in [1.165, 1.54) is 12.0 Å². The number of aryl methyl sites for hydroxylation is 1. The van der Waals surface area contributed by atoms with Crippen LogP contribution in [0, 0.1) is 63.6 Å². The Labute approximate surface area is 267 Å². The number of ether oxygens (including phenoxy) is 1. The SMILES string of the molecule is C=C(C)[C@@H]1CC[C@]2(C(=O)OC)CC[C@@]3(C)[C@H](CC[C@H]4[C@@]5(C)CC[C@@H](OS(=O)(=O)c6ccc(C)cc6)C(C)(C)[C@@H]5CC[C@]43C)[C@H]12. The number of carbonyl (C=O) groups is 1. The lowest BCUT2D eigenvalue weighted by atomic mass is 9.32. The minimum atomic E-state index is -3.85. The van der Waals surface area contributed by atoms with Gasteiger partial charge in [-0.1, -0.05) is 64.5 Å². The summed E-state index contributed by atoms with van der Waals surface area (Å²) in [7, 11) is -2.27. The van der Waals surface area contributed by atoms with E-state index >= 15 is 0 Å². The molecule has 0 spiro atoms. The number of hydrogen-bond acceptors (Lipinski definition) is 5. The van der Waals surface area contributed by atoms with E-state index in [0.717, 1.165) is 63.4 Å². The molecule has 0 N–H and O–H groups in total. The maximum absolute atomic E-state index is 13.5. The van der Waals surface area contributed by atoms with Crippen molar-refractivity contribution in [2.45, 2.75) is 124 Å². The van der Waals surface area contributed by atoms with Crippen molar-refractivity contribution < 1.29 is 22.1 Å². The van der Waals surface area contributed by atoms with Crippen LogP contribution in [0.1, 0.15) is 111 Å². The van der Waals surface area contributed by atoms with Gasteiger partial charge in [0.25, 0.3) is 10.1 Å². The molecular formula is C38H56O5S. The van der Waals surface area contributed by atoms with Crippen LogP contribution < -0.4 is 0 Å². The highest BCUT2D eigenvalue weighted by molar-refractivity contribution is 7.86. The molecule has 5 aliphatic rings. The molecule has 10 atom stereocenters. The van der Waals surface area contributed by atoms with Gasteiger partial charge >= 0.3 is 5.97 Å². The van der Waals surface area contributed by atoms with Crippen molar-refractivity contribution in [3.63, 3.8) is 0 Å². The Hall–Kier alpha value is -1.66. The van der Waals surface area contributed by atoms with Gasteiger partial charge in [-0.15, -0.1) is 0 Å². The maximum atomic E-state index is 13.5. The fourth-order valence-electron chi connectivity index (χ4n) is 12.8. The molecule has 6 rings (SSSR count). The number of allylic oxidation sites excluding steroid dienone is 1. The summed E-state index contributed by atoms with van der Waals surface area (Å²) < 4.78 is 38.5. The van der Waals surface area contributed by atoms with Crippen molar-refractivity contribution in [3.05, 3.63) is 42.0 Å². The predicted molar refractivity (Wildman–Crippen MR) is 174 cm³/mol. The van der Waals surface area contributed by atoms with Crippen LogP contribution in [0.3, 0.4) is 0 Å². The van der Waals surface area contributed by atoms with Gasteiger partial charge in [0.05, 0.1) is 23.5 Å². The van der Waals surface area contributed by atoms with E-state index in [1.807, 2.05) is 19.1 Å². The summed E-state index contributed by atoms with van der Waals surface area (Å²) in [6.45, 7) is 20.8. The lowest BCUT2D eigenvalue weighted by molar-refractivity contribution is -0.246. The quantitative estimate of drug-likeness (QED) is 0.186. The van der Waals surface area contributed by atoms with Gasteiger partial charge in [-0.25, -0.2) is 0 Å². The summed E-state index contributed by atoms with van der Waals surface area (Å²) in [6, 6.07) is 7.00. The molecule has 0 aliphatic heterocycles. The van der Waals surface area contributed by atoms with Crippen molar-refractivity contribution >= 4 is 16.1 Å². The maximum Gasteiger partial charge on any atom is 0.312 e. The van der Waals surface area contributed by atoms with E-state index in [9.17, 15) is 13.2 Å². The molecule has 5 nitrogen and oxygen atoms in total. The fraction of sp³-hybridized carbons (Fsp3) is 0.763. The van der Waals surface area contributed by atoms with Gasteiger partial charge in [-0.05, 0) is 141 Å². The van der Waals surface area contributed by atoms with Crippen LogP contribution in [0.15, 0.2) is 41.3 Å². The molecule has 0 heterocycles. The van der Waals surface area contributed by atoms with E-state index in [-0.39, 0.29) is 44.0 Å². The molecule has 5 saturated carbocycles. The third kappa shape index (κ3) is 4.31. The van der Waals surface area contributed by atoms with Gasteiger partial charge in [0.1, 0.15) is 0 Å². The van der Waals surface area contributed by atoms with E-state index in [0.29, 0.717) is 29.6 Å². The predicted octanol–water partition coefficient (Wildman–Crippen LogP) is 8.90. The third-order valence-corrected chi connectivity index (χ3v) is 16.5. The number of carbonyl (C=O) groups excluding carboxylic acids is 1. The highest BCUT2D eigenvalue weighted by Crippen LogP contribution is 2.77. The number of esters is 1. The molecule has 0 aromatic heterocycles. The smallest absolute Gasteiger partial charge is 0.312 e. The minimum absolute atomic E-state index is 0.0110. The van der Waals surface area contributed by atoms with Crippen molar-refractivity contribution in [1.29, 1.82) is 0 Å². The van der Waals surface area contributed by atoms with E-state index < -0.39 is 10.1 Å². The lowest BCUT2D eigenvalue weighted by Crippen LogP contribution is -2.67. The van der Waals surface area contributed by atoms with Crippen molar-refractivity contribution in [2.24, 2.45) is 56.7 Å². The lowest BCUT2D eigenvalue weighted by Gasteiger charge is -2.72. The molecule has 6 heteroatoms. The van der Waals surface area contributed by atoms with Gasteiger partial charge in [0.15, 0.2) is 0 Å². The summed E-state index contributed by atoms with van der Waals surface area (Å²) >= 11 is 0. The van der Waals surface area contributed by atoms with Gasteiger partial charge in [0.2, 0.25) is 0 Å². The van der Waals surface area contributed by atoms with E-state index in [2.05, 4.69) is 48.1 Å². The number of methoxy groups -OCH3 is 1. The molecule has 0 radical (unpaired) electrons. The van der Waals surface area contributed by atoms with Crippen LogP contribution in [0.4, 0.5) is 0 Å². The average molecular weight is 625 g/mol. The van der Waals surface area contributed by atoms with Crippen LogP contribution in [-0.2, 0) is 23.8 Å². The van der Waals surface area contributed by atoms with Crippen LogP contribution >= 0.6 is 0 Å². The summed E-state index contributed by atoms with van der Waals surface area (Å²) in [6.07, 6.45) is 9.90. The normalized spacial score (nSPS) is 44.5. The first-order chi connectivity index (χ1) is 20.5. The standard InChI is InChI=1S/C38H56O5S/c1-24(2)27-16-21-38(33(39)42-9)23-22-36(7)28(32(27)38)14-15-30-35(6)19-18-31(34(4,5)29(35)17-20-37(30,36)8)43-44(40,41)26-12-10-25(3)11-13-26/h10-13,27-32H,1,14-23H2,2-9H3/t27-,28+,29-,30-,31+,32-,35-,36-,37+,38-/m0/s1. The highest BCUT2D eigenvalue weighted by atomic mass is 32.2. The number of fused-ring (bicyclic) bond motifs is 7. The summed E-state index contributed by atoms with van der Waals surface area (Å²) in [5.74, 6) is 2.12. The zero-order valence-electron chi connectivity index (χ0n) is 28.5. The largest absolute Gasteiger partial charge is 0.469 e. The minimum Gasteiger partial charge on any atom is -0.469 e. The van der Waals surface area contributed by atoms with E-state index in [4.69, 9.17) is 8.92 Å². The molecule has 0 saturated heterocycles. The van der Waals surface area contributed by atoms with Crippen molar-refractivity contribution in [1.82, 2.24) is 0 Å². The first-order valence-corrected chi connectivity index (χ1v) is 18.6. The molecule has 44 heavy (non-hydrogen) atoms. The van der Waals surface area contributed by atoms with Gasteiger partial charge in [0, 0.05) is 0 Å². The van der Waals surface area contributed by atoms with Crippen molar-refractivity contribution in [2.75, 3.05) is 7.11 Å². The molecular weight excluding hydrogens is 568 g/mol. The topological polar surface area (TPSA) is 69.7 Å².